The van der Waals surface area contributed by atoms with Crippen LogP contribution < -0.4 is 5.32 Å². The highest BCUT2D eigenvalue weighted by molar-refractivity contribution is 5.90. The summed E-state index contributed by atoms with van der Waals surface area (Å²) in [6, 6.07) is 2.29. The molecule has 3 rings (SSSR count). The van der Waals surface area contributed by atoms with E-state index in [0.717, 1.165) is 5.69 Å². The molecule has 0 radical (unpaired) electrons. The molecule has 1 saturated carbocycles. The normalized spacial score (nSPS) is 15.7. The van der Waals surface area contributed by atoms with Gasteiger partial charge in [-0.15, -0.1) is 0 Å². The second kappa shape index (κ2) is 5.48. The summed E-state index contributed by atoms with van der Waals surface area (Å²) >= 11 is 0. The molecule has 0 bridgehead atoms. The molecule has 1 fully saturated rings. The van der Waals surface area contributed by atoms with Crippen molar-refractivity contribution in [2.75, 3.05) is 5.32 Å². The molecule has 2 aromatic rings. The van der Waals surface area contributed by atoms with Crippen molar-refractivity contribution in [3.63, 3.8) is 0 Å². The zero-order valence-corrected chi connectivity index (χ0v) is 11.5. The molecule has 0 aromatic carbocycles. The Morgan fingerprint density at radius 1 is 1.50 bits per heavy atom. The molecule has 0 aliphatic heterocycles. The molecule has 6 heteroatoms. The number of amides is 1. The predicted molar refractivity (Wildman–Crippen MR) is 73.3 cm³/mol. The second-order valence-electron chi connectivity index (χ2n) is 5.30. The average molecular weight is 274 g/mol. The monoisotopic (exact) mass is 274 g/mol. The fourth-order valence-electron chi connectivity index (χ4n) is 2.65. The second-order valence-corrected chi connectivity index (χ2v) is 5.30. The summed E-state index contributed by atoms with van der Waals surface area (Å²) in [5.74, 6) is 1.02. The Labute approximate surface area is 117 Å². The maximum atomic E-state index is 11.9. The SMILES string of the molecule is Cc1cc(CC(=O)Nc2cn(C3CCCC3)cn2)on1. The number of carbonyl (C=O) groups excluding carboxylic acids is 1. The van der Waals surface area contributed by atoms with Crippen LogP contribution in [0.4, 0.5) is 5.82 Å². The summed E-state index contributed by atoms with van der Waals surface area (Å²) < 4.78 is 7.12. The standard InChI is InChI=1S/C14H18N4O2/c1-10-6-12(20-17-10)7-14(19)16-13-8-18(9-15-13)11-4-2-3-5-11/h6,8-9,11H,2-5,7H2,1H3,(H,16,19). The molecule has 20 heavy (non-hydrogen) atoms. The molecule has 1 amide bonds. The molecule has 2 aromatic heterocycles. The van der Waals surface area contributed by atoms with Crippen LogP contribution in [-0.4, -0.2) is 20.6 Å². The zero-order chi connectivity index (χ0) is 13.9. The lowest BCUT2D eigenvalue weighted by Crippen LogP contribution is -2.14. The summed E-state index contributed by atoms with van der Waals surface area (Å²) in [5.41, 5.74) is 0.776. The molecule has 1 N–H and O–H groups in total. The predicted octanol–water partition coefficient (Wildman–Crippen LogP) is 2.48. The summed E-state index contributed by atoms with van der Waals surface area (Å²) in [7, 11) is 0. The molecular formula is C14H18N4O2. The number of hydrogen-bond acceptors (Lipinski definition) is 4. The van der Waals surface area contributed by atoms with E-state index in [4.69, 9.17) is 4.52 Å². The van der Waals surface area contributed by atoms with Gasteiger partial charge < -0.3 is 14.4 Å². The van der Waals surface area contributed by atoms with E-state index in [0.29, 0.717) is 17.6 Å². The van der Waals surface area contributed by atoms with E-state index in [9.17, 15) is 4.79 Å². The molecule has 1 aliphatic carbocycles. The largest absolute Gasteiger partial charge is 0.361 e. The minimum Gasteiger partial charge on any atom is -0.361 e. The Kier molecular flexibility index (Phi) is 3.54. The van der Waals surface area contributed by atoms with Crippen LogP contribution in [0.5, 0.6) is 0 Å². The number of imidazole rings is 1. The van der Waals surface area contributed by atoms with Crippen LogP contribution in [-0.2, 0) is 11.2 Å². The van der Waals surface area contributed by atoms with Gasteiger partial charge in [0.1, 0.15) is 5.76 Å². The first kappa shape index (κ1) is 12.9. The first-order valence-corrected chi connectivity index (χ1v) is 6.96. The van der Waals surface area contributed by atoms with Gasteiger partial charge >= 0.3 is 0 Å². The molecule has 1 aliphatic rings. The molecule has 2 heterocycles. The number of nitrogens with one attached hydrogen (secondary N) is 1. The van der Waals surface area contributed by atoms with Crippen molar-refractivity contribution in [1.29, 1.82) is 0 Å². The molecule has 106 valence electrons. The smallest absolute Gasteiger partial charge is 0.233 e. The number of aromatic nitrogens is 3. The van der Waals surface area contributed by atoms with E-state index in [-0.39, 0.29) is 12.3 Å². The average Bonchev–Trinajstić information content (AvgIpc) is 3.10. The van der Waals surface area contributed by atoms with E-state index in [1.165, 1.54) is 25.7 Å². The molecule has 0 atom stereocenters. The summed E-state index contributed by atoms with van der Waals surface area (Å²) in [5, 5.41) is 6.54. The van der Waals surface area contributed by atoms with E-state index < -0.39 is 0 Å². The molecule has 6 nitrogen and oxygen atoms in total. The third kappa shape index (κ3) is 2.89. The van der Waals surface area contributed by atoms with Gasteiger partial charge in [0, 0.05) is 18.3 Å². The number of nitrogens with zero attached hydrogens (tertiary/aromatic N) is 3. The third-order valence-corrected chi connectivity index (χ3v) is 3.63. The maximum Gasteiger partial charge on any atom is 0.233 e. The van der Waals surface area contributed by atoms with E-state index in [1.54, 1.807) is 12.4 Å². The number of rotatable bonds is 4. The van der Waals surface area contributed by atoms with Gasteiger partial charge in [-0.05, 0) is 19.8 Å². The van der Waals surface area contributed by atoms with Gasteiger partial charge in [-0.2, -0.15) is 0 Å². The van der Waals surface area contributed by atoms with Gasteiger partial charge in [0.15, 0.2) is 5.82 Å². The van der Waals surface area contributed by atoms with Crippen molar-refractivity contribution in [2.24, 2.45) is 0 Å². The van der Waals surface area contributed by atoms with Gasteiger partial charge in [-0.1, -0.05) is 18.0 Å². The first-order valence-electron chi connectivity index (χ1n) is 6.96. The Morgan fingerprint density at radius 2 is 2.30 bits per heavy atom. The van der Waals surface area contributed by atoms with E-state index >= 15 is 0 Å². The number of carbonyl (C=O) groups is 1. The Morgan fingerprint density at radius 3 is 3.00 bits per heavy atom. The highest BCUT2D eigenvalue weighted by atomic mass is 16.5. The van der Waals surface area contributed by atoms with Crippen LogP contribution in [0, 0.1) is 6.92 Å². The number of aryl methyl sites for hydroxylation is 1. The van der Waals surface area contributed by atoms with Crippen LogP contribution in [0.1, 0.15) is 43.2 Å². The topological polar surface area (TPSA) is 73.0 Å². The van der Waals surface area contributed by atoms with Crippen molar-refractivity contribution >= 4 is 11.7 Å². The highest BCUT2D eigenvalue weighted by Crippen LogP contribution is 2.29. The van der Waals surface area contributed by atoms with E-state index in [2.05, 4.69) is 20.0 Å². The van der Waals surface area contributed by atoms with Crippen LogP contribution in [0.25, 0.3) is 0 Å². The molecule has 0 unspecified atom stereocenters. The Balaban J connectivity index is 1.58. The Bertz CT molecular complexity index is 596. The van der Waals surface area contributed by atoms with Crippen LogP contribution in [0.3, 0.4) is 0 Å². The lowest BCUT2D eigenvalue weighted by Gasteiger charge is -2.09. The van der Waals surface area contributed by atoms with Gasteiger partial charge in [-0.3, -0.25) is 4.79 Å². The van der Waals surface area contributed by atoms with Gasteiger partial charge in [0.05, 0.1) is 18.4 Å². The lowest BCUT2D eigenvalue weighted by atomic mass is 10.2. The first-order chi connectivity index (χ1) is 9.70. The van der Waals surface area contributed by atoms with Gasteiger partial charge in [0.25, 0.3) is 0 Å². The van der Waals surface area contributed by atoms with Crippen molar-refractivity contribution < 1.29 is 9.32 Å². The minimum atomic E-state index is -0.141. The Hall–Kier alpha value is -2.11. The third-order valence-electron chi connectivity index (χ3n) is 3.63. The number of anilines is 1. The fourth-order valence-corrected chi connectivity index (χ4v) is 2.65. The maximum absolute atomic E-state index is 11.9. The van der Waals surface area contributed by atoms with E-state index in [1.807, 2.05) is 13.1 Å². The zero-order valence-electron chi connectivity index (χ0n) is 11.5. The molecule has 0 spiro atoms. The summed E-state index contributed by atoms with van der Waals surface area (Å²) in [4.78, 5) is 16.1. The lowest BCUT2D eigenvalue weighted by molar-refractivity contribution is -0.115. The molecular weight excluding hydrogens is 256 g/mol. The highest BCUT2D eigenvalue weighted by Gasteiger charge is 2.17. The van der Waals surface area contributed by atoms with Crippen molar-refractivity contribution in [3.05, 3.63) is 30.0 Å². The van der Waals surface area contributed by atoms with Crippen molar-refractivity contribution in [3.8, 4) is 0 Å². The fraction of sp³-hybridized carbons (Fsp3) is 0.500. The van der Waals surface area contributed by atoms with Crippen LogP contribution >= 0.6 is 0 Å². The summed E-state index contributed by atoms with van der Waals surface area (Å²) in [6.45, 7) is 1.83. The van der Waals surface area contributed by atoms with Crippen LogP contribution in [0.2, 0.25) is 0 Å². The number of hydrogen-bond donors (Lipinski definition) is 1. The van der Waals surface area contributed by atoms with Gasteiger partial charge in [-0.25, -0.2) is 4.98 Å². The minimum absolute atomic E-state index is 0.141. The van der Waals surface area contributed by atoms with Crippen LogP contribution in [0.15, 0.2) is 23.1 Å². The van der Waals surface area contributed by atoms with Gasteiger partial charge in [0.2, 0.25) is 5.91 Å². The quantitative estimate of drug-likeness (QED) is 0.929. The molecule has 0 saturated heterocycles. The van der Waals surface area contributed by atoms with Crippen molar-refractivity contribution in [2.45, 2.75) is 45.1 Å². The van der Waals surface area contributed by atoms with Crippen molar-refractivity contribution in [1.82, 2.24) is 14.7 Å². The summed E-state index contributed by atoms with van der Waals surface area (Å²) in [6.07, 6.45) is 8.81.